The van der Waals surface area contributed by atoms with Crippen LogP contribution >= 0.6 is 15.9 Å². The van der Waals surface area contributed by atoms with Crippen molar-refractivity contribution < 1.29 is 8.78 Å². The van der Waals surface area contributed by atoms with E-state index < -0.39 is 11.6 Å². The fraction of sp³-hybridized carbons (Fsp3) is 0.455. The molecule has 0 amide bonds. The molecule has 1 aromatic carbocycles. The predicted molar refractivity (Wildman–Crippen MR) is 57.8 cm³/mol. The Hall–Kier alpha value is -0.440. The Kier molecular flexibility index (Phi) is 4.05. The molecule has 2 atom stereocenters. The zero-order valence-electron chi connectivity index (χ0n) is 8.23. The van der Waals surface area contributed by atoms with Gasteiger partial charge in [-0.15, -0.1) is 0 Å². The molecule has 0 bridgehead atoms. The monoisotopic (exact) mass is 262 g/mol. The highest BCUT2D eigenvalue weighted by molar-refractivity contribution is 9.09. The number of alkyl halides is 1. The molecule has 0 aliphatic rings. The van der Waals surface area contributed by atoms with Crippen LogP contribution in [-0.2, 0) is 0 Å². The maximum absolute atomic E-state index is 13.3. The summed E-state index contributed by atoms with van der Waals surface area (Å²) in [6.45, 7) is 3.80. The highest BCUT2D eigenvalue weighted by atomic mass is 79.9. The largest absolute Gasteiger partial charge is 0.207 e. The van der Waals surface area contributed by atoms with Crippen molar-refractivity contribution in [2.45, 2.75) is 31.0 Å². The lowest BCUT2D eigenvalue weighted by atomic mass is 9.95. The molecule has 0 aromatic heterocycles. The number of halogens is 3. The van der Waals surface area contributed by atoms with Gasteiger partial charge < -0.3 is 0 Å². The molecular weight excluding hydrogens is 250 g/mol. The smallest absolute Gasteiger partial charge is 0.129 e. The Bertz CT molecular complexity index is 290. The van der Waals surface area contributed by atoms with E-state index >= 15 is 0 Å². The Labute approximate surface area is 91.5 Å². The van der Waals surface area contributed by atoms with Crippen LogP contribution in [0.15, 0.2) is 18.2 Å². The van der Waals surface area contributed by atoms with Crippen molar-refractivity contribution in [3.8, 4) is 0 Å². The highest BCUT2D eigenvalue weighted by Crippen LogP contribution is 2.27. The summed E-state index contributed by atoms with van der Waals surface area (Å²) in [7, 11) is 0. The Morgan fingerprint density at radius 2 is 1.71 bits per heavy atom. The predicted octanol–water partition coefficient (Wildman–Crippen LogP) is 4.24. The zero-order chi connectivity index (χ0) is 10.7. The maximum atomic E-state index is 13.3. The van der Waals surface area contributed by atoms with Crippen LogP contribution < -0.4 is 0 Å². The van der Waals surface area contributed by atoms with E-state index in [0.717, 1.165) is 6.42 Å². The molecule has 3 heteroatoms. The average Bonchev–Trinajstić information content (AvgIpc) is 2.01. The lowest BCUT2D eigenvalue weighted by Crippen LogP contribution is -2.05. The minimum atomic E-state index is -0.453. The second-order valence-corrected chi connectivity index (χ2v) is 5.12. The third-order valence-corrected chi connectivity index (χ3v) is 2.54. The molecule has 0 saturated heterocycles. The molecule has 0 heterocycles. The molecule has 1 rings (SSSR count). The van der Waals surface area contributed by atoms with Crippen molar-refractivity contribution in [3.63, 3.8) is 0 Å². The number of hydrogen-bond donors (Lipinski definition) is 0. The summed E-state index contributed by atoms with van der Waals surface area (Å²) in [6, 6.07) is 3.99. The number of hydrogen-bond acceptors (Lipinski definition) is 0. The van der Waals surface area contributed by atoms with Crippen LogP contribution in [0.1, 0.15) is 31.7 Å². The summed E-state index contributed by atoms with van der Waals surface area (Å²) in [5.74, 6) is -1.01. The van der Waals surface area contributed by atoms with Crippen LogP contribution in [0.25, 0.3) is 0 Å². The SMILES string of the molecule is CC(Br)CC(C)c1c(F)cccc1F. The van der Waals surface area contributed by atoms with Gasteiger partial charge in [0.2, 0.25) is 0 Å². The molecule has 0 aliphatic carbocycles. The van der Waals surface area contributed by atoms with Gasteiger partial charge in [-0.1, -0.05) is 35.8 Å². The molecule has 0 aliphatic heterocycles. The molecule has 0 N–H and O–H groups in total. The van der Waals surface area contributed by atoms with Crippen LogP contribution in [0, 0.1) is 11.6 Å². The normalized spacial score (nSPS) is 15.2. The van der Waals surface area contributed by atoms with Crippen molar-refractivity contribution in [1.82, 2.24) is 0 Å². The van der Waals surface area contributed by atoms with E-state index in [-0.39, 0.29) is 16.3 Å². The Morgan fingerprint density at radius 3 is 2.14 bits per heavy atom. The van der Waals surface area contributed by atoms with Gasteiger partial charge in [0.15, 0.2) is 0 Å². The van der Waals surface area contributed by atoms with Crippen LogP contribution in [-0.4, -0.2) is 4.83 Å². The first-order chi connectivity index (χ1) is 6.52. The summed E-state index contributed by atoms with van der Waals surface area (Å²) in [6.07, 6.45) is 0.720. The second kappa shape index (κ2) is 4.87. The Morgan fingerprint density at radius 1 is 1.21 bits per heavy atom. The van der Waals surface area contributed by atoms with Gasteiger partial charge >= 0.3 is 0 Å². The van der Waals surface area contributed by atoms with Gasteiger partial charge in [0.05, 0.1) is 0 Å². The molecule has 1 aromatic rings. The summed E-state index contributed by atoms with van der Waals surface area (Å²) in [4.78, 5) is 0.261. The topological polar surface area (TPSA) is 0 Å². The van der Waals surface area contributed by atoms with Gasteiger partial charge in [-0.2, -0.15) is 0 Å². The van der Waals surface area contributed by atoms with Gasteiger partial charge in [0.1, 0.15) is 11.6 Å². The van der Waals surface area contributed by atoms with E-state index in [1.807, 2.05) is 13.8 Å². The van der Waals surface area contributed by atoms with Gasteiger partial charge in [-0.25, -0.2) is 8.78 Å². The molecular formula is C11H13BrF2. The van der Waals surface area contributed by atoms with E-state index in [4.69, 9.17) is 0 Å². The molecule has 0 nitrogen and oxygen atoms in total. The minimum Gasteiger partial charge on any atom is -0.207 e. The van der Waals surface area contributed by atoms with Crippen molar-refractivity contribution in [3.05, 3.63) is 35.4 Å². The number of benzene rings is 1. The van der Waals surface area contributed by atoms with E-state index in [1.165, 1.54) is 18.2 Å². The average molecular weight is 263 g/mol. The van der Waals surface area contributed by atoms with Crippen molar-refractivity contribution >= 4 is 15.9 Å². The lowest BCUT2D eigenvalue weighted by molar-refractivity contribution is 0.521. The van der Waals surface area contributed by atoms with Crippen LogP contribution in [0.3, 0.4) is 0 Å². The maximum Gasteiger partial charge on any atom is 0.129 e. The molecule has 0 spiro atoms. The first-order valence-corrected chi connectivity index (χ1v) is 5.52. The van der Waals surface area contributed by atoms with Crippen molar-refractivity contribution in [2.24, 2.45) is 0 Å². The summed E-state index contributed by atoms with van der Waals surface area (Å²) in [5.41, 5.74) is 0.193. The second-order valence-electron chi connectivity index (χ2n) is 3.55. The third-order valence-electron chi connectivity index (χ3n) is 2.17. The van der Waals surface area contributed by atoms with Crippen LogP contribution in [0.2, 0.25) is 0 Å². The highest BCUT2D eigenvalue weighted by Gasteiger charge is 2.16. The van der Waals surface area contributed by atoms with E-state index in [2.05, 4.69) is 15.9 Å². The van der Waals surface area contributed by atoms with Crippen molar-refractivity contribution in [2.75, 3.05) is 0 Å². The summed E-state index contributed by atoms with van der Waals surface area (Å²) < 4.78 is 26.6. The first kappa shape index (κ1) is 11.6. The van der Waals surface area contributed by atoms with Gasteiger partial charge in [-0.05, 0) is 24.5 Å². The molecule has 2 unspecified atom stereocenters. The fourth-order valence-corrected chi connectivity index (χ4v) is 2.15. The van der Waals surface area contributed by atoms with Crippen molar-refractivity contribution in [1.29, 1.82) is 0 Å². The molecule has 0 saturated carbocycles. The summed E-state index contributed by atoms with van der Waals surface area (Å²) >= 11 is 3.38. The molecule has 14 heavy (non-hydrogen) atoms. The molecule has 78 valence electrons. The van der Waals surface area contributed by atoms with E-state index in [0.29, 0.717) is 0 Å². The Balaban J connectivity index is 2.94. The first-order valence-electron chi connectivity index (χ1n) is 4.60. The zero-order valence-corrected chi connectivity index (χ0v) is 9.81. The van der Waals surface area contributed by atoms with E-state index in [1.54, 1.807) is 0 Å². The van der Waals surface area contributed by atoms with Gasteiger partial charge in [-0.3, -0.25) is 0 Å². The molecule has 0 fully saturated rings. The van der Waals surface area contributed by atoms with Crippen LogP contribution in [0.5, 0.6) is 0 Å². The van der Waals surface area contributed by atoms with Gasteiger partial charge in [0, 0.05) is 10.4 Å². The number of rotatable bonds is 3. The summed E-state index contributed by atoms with van der Waals surface area (Å²) in [5, 5.41) is 0. The molecule has 0 radical (unpaired) electrons. The van der Waals surface area contributed by atoms with E-state index in [9.17, 15) is 8.78 Å². The quantitative estimate of drug-likeness (QED) is 0.715. The minimum absolute atomic E-state index is 0.106. The third kappa shape index (κ3) is 2.77. The van der Waals surface area contributed by atoms with Gasteiger partial charge in [0.25, 0.3) is 0 Å². The van der Waals surface area contributed by atoms with Crippen LogP contribution in [0.4, 0.5) is 8.78 Å². The lowest BCUT2D eigenvalue weighted by Gasteiger charge is -2.14. The fourth-order valence-electron chi connectivity index (χ4n) is 1.59. The standard InChI is InChI=1S/C11H13BrF2/c1-7(6-8(2)12)11-9(13)4-3-5-10(11)14/h3-5,7-8H,6H2,1-2H3.